The van der Waals surface area contributed by atoms with Gasteiger partial charge in [-0.1, -0.05) is 31.5 Å². The van der Waals surface area contributed by atoms with Crippen molar-refractivity contribution >= 4 is 15.9 Å². The van der Waals surface area contributed by atoms with Gasteiger partial charge in [-0.25, -0.2) is 12.4 Å². The summed E-state index contributed by atoms with van der Waals surface area (Å²) in [5, 5.41) is 3.46. The Bertz CT molecular complexity index is 1170. The number of hydrogen-bond donors (Lipinski definition) is 2. The van der Waals surface area contributed by atoms with Crippen LogP contribution in [-0.4, -0.2) is 25.3 Å². The van der Waals surface area contributed by atoms with Gasteiger partial charge in [0.25, 0.3) is 10.0 Å². The van der Waals surface area contributed by atoms with Crippen molar-refractivity contribution in [3.8, 4) is 17.2 Å². The van der Waals surface area contributed by atoms with E-state index >= 15 is 0 Å². The van der Waals surface area contributed by atoms with Gasteiger partial charge >= 0.3 is 0 Å². The average molecular weight is 431 g/mol. The molecule has 2 aromatic heterocycles. The van der Waals surface area contributed by atoms with Crippen LogP contribution in [0.2, 0.25) is 0 Å². The van der Waals surface area contributed by atoms with Gasteiger partial charge < -0.3 is 20.7 Å². The second-order valence-electron chi connectivity index (χ2n) is 7.42. The molecule has 0 saturated heterocycles. The summed E-state index contributed by atoms with van der Waals surface area (Å²) < 4.78 is 39.2. The van der Waals surface area contributed by atoms with Gasteiger partial charge in [0.05, 0.1) is 12.0 Å². The minimum Gasteiger partial charge on any atom is -0.493 e. The molecule has 0 aliphatic heterocycles. The van der Waals surface area contributed by atoms with Crippen molar-refractivity contribution in [2.45, 2.75) is 32.1 Å². The fraction of sp³-hybridized carbons (Fsp3) is 0.286. The third-order valence-corrected chi connectivity index (χ3v) is 6.35. The number of amidine groups is 1. The van der Waals surface area contributed by atoms with Crippen molar-refractivity contribution in [1.29, 1.82) is 0 Å². The zero-order chi connectivity index (χ0) is 22.1. The van der Waals surface area contributed by atoms with E-state index in [9.17, 15) is 8.42 Å². The Morgan fingerprint density at radius 3 is 2.47 bits per heavy atom. The molecular weight excluding hydrogens is 404 g/mol. The Kier molecular flexibility index (Phi) is 5.93. The van der Waals surface area contributed by atoms with Gasteiger partial charge in [0.1, 0.15) is 5.69 Å². The lowest BCUT2D eigenvalue weighted by molar-refractivity contribution is 0.404. The van der Waals surface area contributed by atoms with Gasteiger partial charge in [0.15, 0.2) is 17.3 Å². The predicted molar refractivity (Wildman–Crippen MR) is 116 cm³/mol. The van der Waals surface area contributed by atoms with E-state index in [4.69, 9.17) is 20.7 Å². The average Bonchev–Trinajstić information content (AvgIpc) is 3.31. The standard InChI is InChI=1S/C21H26N4O4S/c1-13(2)11-15-9-10-25(30(26,27)16-7-5-14(3)6-8-16)19(15)17-12-18(28-4)20(29-17)21(22)24-23/h5-10,12-13H,11,23H2,1-4H3,(H2,22,24). The van der Waals surface area contributed by atoms with Crippen LogP contribution in [0.15, 0.2) is 57.0 Å². The molecule has 3 aromatic rings. The summed E-state index contributed by atoms with van der Waals surface area (Å²) in [4.78, 5) is 0.183. The Morgan fingerprint density at radius 1 is 1.23 bits per heavy atom. The maximum atomic E-state index is 13.4. The molecule has 0 fully saturated rings. The number of methoxy groups -OCH3 is 1. The normalized spacial score (nSPS) is 12.5. The van der Waals surface area contributed by atoms with E-state index in [0.29, 0.717) is 29.5 Å². The van der Waals surface area contributed by atoms with Crippen LogP contribution in [0.5, 0.6) is 5.75 Å². The first-order valence-corrected chi connectivity index (χ1v) is 10.9. The van der Waals surface area contributed by atoms with E-state index in [0.717, 1.165) is 11.1 Å². The molecule has 8 nitrogen and oxygen atoms in total. The molecule has 0 amide bonds. The van der Waals surface area contributed by atoms with Crippen molar-refractivity contribution in [3.63, 3.8) is 0 Å². The molecule has 3 rings (SSSR count). The molecule has 160 valence electrons. The van der Waals surface area contributed by atoms with E-state index < -0.39 is 10.0 Å². The number of furan rings is 1. The highest BCUT2D eigenvalue weighted by atomic mass is 32.2. The molecule has 0 saturated carbocycles. The highest BCUT2D eigenvalue weighted by Crippen LogP contribution is 2.36. The summed E-state index contributed by atoms with van der Waals surface area (Å²) in [5.74, 6) is 6.29. The molecule has 0 aliphatic rings. The number of aryl methyl sites for hydroxylation is 1. The summed E-state index contributed by atoms with van der Waals surface area (Å²) in [7, 11) is -2.40. The van der Waals surface area contributed by atoms with Crippen LogP contribution in [0.3, 0.4) is 0 Å². The number of nitrogens with zero attached hydrogens (tertiary/aromatic N) is 2. The molecule has 0 unspecified atom stereocenters. The van der Waals surface area contributed by atoms with Crippen molar-refractivity contribution in [3.05, 3.63) is 59.5 Å². The van der Waals surface area contributed by atoms with Crippen molar-refractivity contribution < 1.29 is 17.6 Å². The fourth-order valence-electron chi connectivity index (χ4n) is 3.23. The van der Waals surface area contributed by atoms with E-state index in [2.05, 4.69) is 18.9 Å². The first-order valence-electron chi connectivity index (χ1n) is 9.43. The lowest BCUT2D eigenvalue weighted by atomic mass is 10.0. The number of rotatable bonds is 7. The zero-order valence-corrected chi connectivity index (χ0v) is 18.2. The molecule has 2 heterocycles. The monoisotopic (exact) mass is 430 g/mol. The third-order valence-electron chi connectivity index (χ3n) is 4.66. The summed E-state index contributed by atoms with van der Waals surface area (Å²) >= 11 is 0. The molecule has 9 heteroatoms. The molecule has 30 heavy (non-hydrogen) atoms. The lowest BCUT2D eigenvalue weighted by Gasteiger charge is -2.12. The largest absolute Gasteiger partial charge is 0.493 e. The predicted octanol–water partition coefficient (Wildman–Crippen LogP) is 3.08. The van der Waals surface area contributed by atoms with Gasteiger partial charge in [-0.3, -0.25) is 0 Å². The SMILES string of the molecule is COc1cc(-c2c(CC(C)C)ccn2S(=O)(=O)c2ccc(C)cc2)oc1C(N)=NN. The molecule has 0 radical (unpaired) electrons. The first-order chi connectivity index (χ1) is 14.2. The Balaban J connectivity index is 2.24. The van der Waals surface area contributed by atoms with Crippen LogP contribution in [-0.2, 0) is 16.4 Å². The molecule has 0 aliphatic carbocycles. The minimum atomic E-state index is -3.86. The summed E-state index contributed by atoms with van der Waals surface area (Å²) in [6, 6.07) is 10.1. The molecule has 0 bridgehead atoms. The van der Waals surface area contributed by atoms with Crippen LogP contribution in [0.25, 0.3) is 11.5 Å². The van der Waals surface area contributed by atoms with Gasteiger partial charge in [-0.05, 0) is 43.0 Å². The van der Waals surface area contributed by atoms with E-state index in [1.807, 2.05) is 6.92 Å². The third kappa shape index (κ3) is 3.93. The lowest BCUT2D eigenvalue weighted by Crippen LogP contribution is -2.15. The quantitative estimate of drug-likeness (QED) is 0.257. The fourth-order valence-corrected chi connectivity index (χ4v) is 4.60. The van der Waals surface area contributed by atoms with Gasteiger partial charge in [0, 0.05) is 12.3 Å². The minimum absolute atomic E-state index is 0.0528. The molecular formula is C21H26N4O4S. The van der Waals surface area contributed by atoms with Gasteiger partial charge in [-0.2, -0.15) is 5.10 Å². The topological polar surface area (TPSA) is 126 Å². The van der Waals surface area contributed by atoms with Gasteiger partial charge in [0.2, 0.25) is 5.76 Å². The highest BCUT2D eigenvalue weighted by molar-refractivity contribution is 7.90. The molecule has 0 spiro atoms. The second-order valence-corrected chi connectivity index (χ2v) is 9.24. The Morgan fingerprint density at radius 2 is 1.90 bits per heavy atom. The number of nitrogens with two attached hydrogens (primary N) is 2. The van der Waals surface area contributed by atoms with Crippen LogP contribution in [0.1, 0.15) is 30.7 Å². The van der Waals surface area contributed by atoms with E-state index in [1.165, 1.54) is 17.3 Å². The van der Waals surface area contributed by atoms with Crippen LogP contribution >= 0.6 is 0 Å². The summed E-state index contributed by atoms with van der Waals surface area (Å²) in [5.41, 5.74) is 8.02. The maximum absolute atomic E-state index is 13.4. The van der Waals surface area contributed by atoms with Crippen LogP contribution in [0.4, 0.5) is 0 Å². The summed E-state index contributed by atoms with van der Waals surface area (Å²) in [6.07, 6.45) is 2.20. The summed E-state index contributed by atoms with van der Waals surface area (Å²) in [6.45, 7) is 6.02. The number of ether oxygens (including phenoxy) is 1. The zero-order valence-electron chi connectivity index (χ0n) is 17.4. The number of aromatic nitrogens is 1. The van der Waals surface area contributed by atoms with Crippen molar-refractivity contribution in [1.82, 2.24) is 3.97 Å². The Labute approximate surface area is 176 Å². The van der Waals surface area contributed by atoms with Gasteiger partial charge in [-0.15, -0.1) is 0 Å². The first kappa shape index (κ1) is 21.5. The smallest absolute Gasteiger partial charge is 0.268 e. The maximum Gasteiger partial charge on any atom is 0.268 e. The van der Waals surface area contributed by atoms with Crippen LogP contribution < -0.4 is 16.3 Å². The Hall–Kier alpha value is -3.20. The van der Waals surface area contributed by atoms with E-state index in [1.54, 1.807) is 36.4 Å². The van der Waals surface area contributed by atoms with Crippen molar-refractivity contribution in [2.75, 3.05) is 7.11 Å². The van der Waals surface area contributed by atoms with Crippen LogP contribution in [0, 0.1) is 12.8 Å². The number of benzene rings is 1. The van der Waals surface area contributed by atoms with Crippen molar-refractivity contribution in [2.24, 2.45) is 22.6 Å². The van der Waals surface area contributed by atoms with E-state index in [-0.39, 0.29) is 16.5 Å². The molecule has 4 N–H and O–H groups in total. The second kappa shape index (κ2) is 8.27. The molecule has 1 aromatic carbocycles. The highest BCUT2D eigenvalue weighted by Gasteiger charge is 2.27. The number of hydrazone groups is 1. The number of hydrogen-bond acceptors (Lipinski definition) is 6. The molecule has 0 atom stereocenters.